The van der Waals surface area contributed by atoms with Crippen LogP contribution in [0.3, 0.4) is 0 Å². The van der Waals surface area contributed by atoms with Crippen molar-refractivity contribution in [2.24, 2.45) is 11.8 Å². The molecule has 2 nitrogen and oxygen atoms in total. The van der Waals surface area contributed by atoms with Crippen molar-refractivity contribution < 1.29 is 4.79 Å². The average molecular weight is 151 g/mol. The Morgan fingerprint density at radius 1 is 1.45 bits per heavy atom. The maximum Gasteiger partial charge on any atom is 0.223 e. The van der Waals surface area contributed by atoms with Crippen molar-refractivity contribution in [3.05, 3.63) is 12.2 Å². The monoisotopic (exact) mass is 151 g/mol. The largest absolute Gasteiger partial charge is 0.356 e. The molecule has 1 N–H and O–H groups in total. The van der Waals surface area contributed by atoms with Crippen LogP contribution >= 0.6 is 0 Å². The van der Waals surface area contributed by atoms with E-state index in [0.717, 1.165) is 25.8 Å². The fraction of sp³-hybridized carbons (Fsp3) is 0.667. The standard InChI is InChI=1S/C9H13NO/c11-9-8-4-2-1-3-7(8)5-6-10-9/h1,3,7-8H,2,4-6H2,(H,10,11)/t7-,8+/m0/s1. The van der Waals surface area contributed by atoms with E-state index in [2.05, 4.69) is 17.5 Å². The van der Waals surface area contributed by atoms with Gasteiger partial charge in [0.05, 0.1) is 0 Å². The molecule has 2 atom stereocenters. The van der Waals surface area contributed by atoms with Crippen molar-refractivity contribution in [1.29, 1.82) is 0 Å². The minimum atomic E-state index is 0.269. The first-order valence-electron chi connectivity index (χ1n) is 4.32. The van der Waals surface area contributed by atoms with Gasteiger partial charge in [-0.2, -0.15) is 0 Å². The Morgan fingerprint density at radius 3 is 3.18 bits per heavy atom. The van der Waals surface area contributed by atoms with Gasteiger partial charge in [-0.1, -0.05) is 12.2 Å². The van der Waals surface area contributed by atoms with Crippen LogP contribution in [0.1, 0.15) is 19.3 Å². The van der Waals surface area contributed by atoms with Crippen molar-refractivity contribution in [1.82, 2.24) is 5.32 Å². The van der Waals surface area contributed by atoms with Gasteiger partial charge in [0.1, 0.15) is 0 Å². The van der Waals surface area contributed by atoms with Crippen molar-refractivity contribution >= 4 is 5.91 Å². The Bertz CT molecular complexity index is 198. The van der Waals surface area contributed by atoms with Crippen LogP contribution in [0.4, 0.5) is 0 Å². The predicted molar refractivity (Wildman–Crippen MR) is 43.0 cm³/mol. The smallest absolute Gasteiger partial charge is 0.223 e. The van der Waals surface area contributed by atoms with Crippen LogP contribution in [-0.2, 0) is 4.79 Å². The van der Waals surface area contributed by atoms with Gasteiger partial charge in [0.2, 0.25) is 5.91 Å². The summed E-state index contributed by atoms with van der Waals surface area (Å²) in [5.41, 5.74) is 0. The van der Waals surface area contributed by atoms with Gasteiger partial charge in [0.25, 0.3) is 0 Å². The fourth-order valence-electron chi connectivity index (χ4n) is 2.01. The van der Waals surface area contributed by atoms with Crippen LogP contribution in [0.25, 0.3) is 0 Å². The first-order valence-corrected chi connectivity index (χ1v) is 4.32. The third-order valence-corrected chi connectivity index (χ3v) is 2.66. The highest BCUT2D eigenvalue weighted by Crippen LogP contribution is 2.29. The van der Waals surface area contributed by atoms with Crippen LogP contribution in [-0.4, -0.2) is 12.5 Å². The van der Waals surface area contributed by atoms with E-state index in [1.807, 2.05) is 0 Å². The summed E-state index contributed by atoms with van der Waals surface area (Å²) >= 11 is 0. The fourth-order valence-corrected chi connectivity index (χ4v) is 2.01. The third kappa shape index (κ3) is 1.17. The number of nitrogens with one attached hydrogen (secondary N) is 1. The molecular formula is C9H13NO. The number of rotatable bonds is 0. The number of fused-ring (bicyclic) bond motifs is 1. The zero-order valence-corrected chi connectivity index (χ0v) is 6.55. The van der Waals surface area contributed by atoms with E-state index in [9.17, 15) is 4.79 Å². The first kappa shape index (κ1) is 6.89. The summed E-state index contributed by atoms with van der Waals surface area (Å²) in [6.45, 7) is 0.865. The molecule has 0 bridgehead atoms. The van der Waals surface area contributed by atoms with Crippen molar-refractivity contribution in [2.75, 3.05) is 6.54 Å². The highest BCUT2D eigenvalue weighted by Gasteiger charge is 2.30. The Balaban J connectivity index is 2.15. The van der Waals surface area contributed by atoms with Crippen LogP contribution in [0.5, 0.6) is 0 Å². The van der Waals surface area contributed by atoms with E-state index in [0.29, 0.717) is 5.92 Å². The molecule has 1 heterocycles. The lowest BCUT2D eigenvalue weighted by Gasteiger charge is -2.31. The number of carbonyl (C=O) groups excluding carboxylic acids is 1. The summed E-state index contributed by atoms with van der Waals surface area (Å²) in [5, 5.41) is 2.91. The maximum absolute atomic E-state index is 11.3. The SMILES string of the molecule is O=C1NCC[C@@H]2C=CCC[C@@H]12. The van der Waals surface area contributed by atoms with Gasteiger partial charge in [-0.05, 0) is 25.2 Å². The van der Waals surface area contributed by atoms with Gasteiger partial charge < -0.3 is 5.32 Å². The lowest BCUT2D eigenvalue weighted by molar-refractivity contribution is -0.128. The molecule has 2 heteroatoms. The average Bonchev–Trinajstić information content (AvgIpc) is 2.06. The van der Waals surface area contributed by atoms with E-state index in [1.165, 1.54) is 0 Å². The number of piperidine rings is 1. The van der Waals surface area contributed by atoms with Crippen LogP contribution in [0, 0.1) is 11.8 Å². The second-order valence-corrected chi connectivity index (χ2v) is 3.36. The van der Waals surface area contributed by atoms with Crippen LogP contribution in [0.2, 0.25) is 0 Å². The van der Waals surface area contributed by atoms with Crippen molar-refractivity contribution in [3.63, 3.8) is 0 Å². The summed E-state index contributed by atoms with van der Waals surface area (Å²) in [5.74, 6) is 1.09. The third-order valence-electron chi connectivity index (χ3n) is 2.66. The Labute approximate surface area is 66.7 Å². The van der Waals surface area contributed by atoms with E-state index < -0.39 is 0 Å². The quantitative estimate of drug-likeness (QED) is 0.516. The highest BCUT2D eigenvalue weighted by molar-refractivity contribution is 5.80. The normalized spacial score (nSPS) is 36.2. The number of allylic oxidation sites excluding steroid dienone is 2. The highest BCUT2D eigenvalue weighted by atomic mass is 16.1. The number of carbonyl (C=O) groups is 1. The molecule has 11 heavy (non-hydrogen) atoms. The summed E-state index contributed by atoms with van der Waals surface area (Å²) in [7, 11) is 0. The molecule has 2 aliphatic rings. The molecule has 1 amide bonds. The minimum absolute atomic E-state index is 0.269. The molecule has 0 spiro atoms. The lowest BCUT2D eigenvalue weighted by atomic mass is 9.79. The van der Waals surface area contributed by atoms with Gasteiger partial charge in [-0.15, -0.1) is 0 Å². The molecule has 2 rings (SSSR count). The summed E-state index contributed by atoms with van der Waals surface area (Å²) in [4.78, 5) is 11.3. The van der Waals surface area contributed by atoms with Gasteiger partial charge in [-0.25, -0.2) is 0 Å². The van der Waals surface area contributed by atoms with Gasteiger partial charge in [-0.3, -0.25) is 4.79 Å². The summed E-state index contributed by atoms with van der Waals surface area (Å²) < 4.78 is 0. The van der Waals surface area contributed by atoms with Crippen molar-refractivity contribution in [3.8, 4) is 0 Å². The van der Waals surface area contributed by atoms with Gasteiger partial charge in [0.15, 0.2) is 0 Å². The van der Waals surface area contributed by atoms with Gasteiger partial charge in [0, 0.05) is 12.5 Å². The van der Waals surface area contributed by atoms with E-state index in [1.54, 1.807) is 0 Å². The first-order chi connectivity index (χ1) is 5.38. The molecule has 1 saturated heterocycles. The molecular weight excluding hydrogens is 138 g/mol. The second kappa shape index (κ2) is 2.68. The predicted octanol–water partition coefficient (Wildman–Crippen LogP) is 1.09. The molecule has 0 unspecified atom stereocenters. The van der Waals surface area contributed by atoms with Crippen LogP contribution < -0.4 is 5.32 Å². The molecule has 60 valence electrons. The number of hydrogen-bond acceptors (Lipinski definition) is 1. The van der Waals surface area contributed by atoms with Crippen LogP contribution in [0.15, 0.2) is 12.2 Å². The molecule has 0 radical (unpaired) electrons. The zero-order valence-electron chi connectivity index (χ0n) is 6.55. The van der Waals surface area contributed by atoms with E-state index >= 15 is 0 Å². The Hall–Kier alpha value is -0.790. The molecule has 1 aliphatic heterocycles. The Morgan fingerprint density at radius 2 is 2.36 bits per heavy atom. The number of hydrogen-bond donors (Lipinski definition) is 1. The summed E-state index contributed by atoms with van der Waals surface area (Å²) in [6.07, 6.45) is 7.68. The molecule has 0 aromatic carbocycles. The lowest BCUT2D eigenvalue weighted by Crippen LogP contribution is -2.42. The Kier molecular flexibility index (Phi) is 1.68. The second-order valence-electron chi connectivity index (χ2n) is 3.36. The zero-order chi connectivity index (χ0) is 7.68. The summed E-state index contributed by atoms with van der Waals surface area (Å²) in [6, 6.07) is 0. The minimum Gasteiger partial charge on any atom is -0.356 e. The van der Waals surface area contributed by atoms with Gasteiger partial charge >= 0.3 is 0 Å². The molecule has 0 aromatic rings. The number of amides is 1. The maximum atomic E-state index is 11.3. The topological polar surface area (TPSA) is 29.1 Å². The van der Waals surface area contributed by atoms with E-state index in [4.69, 9.17) is 0 Å². The molecule has 1 aliphatic carbocycles. The molecule has 1 fully saturated rings. The van der Waals surface area contributed by atoms with E-state index in [-0.39, 0.29) is 11.8 Å². The molecule has 0 aromatic heterocycles. The van der Waals surface area contributed by atoms with Crippen molar-refractivity contribution in [2.45, 2.75) is 19.3 Å². The molecule has 0 saturated carbocycles.